The third-order valence-electron chi connectivity index (χ3n) is 2.31. The van der Waals surface area contributed by atoms with E-state index in [1.807, 2.05) is 27.7 Å². The van der Waals surface area contributed by atoms with E-state index in [0.717, 1.165) is 5.57 Å². The van der Waals surface area contributed by atoms with Gasteiger partial charge >= 0.3 is 5.97 Å². The van der Waals surface area contributed by atoms with Crippen LogP contribution >= 0.6 is 0 Å². The molecule has 84 valence electrons. The smallest absolute Gasteiger partial charge is 0.313 e. The van der Waals surface area contributed by atoms with Crippen molar-refractivity contribution in [2.75, 3.05) is 0 Å². The molecule has 1 aliphatic carbocycles. The molecule has 3 nitrogen and oxygen atoms in total. The van der Waals surface area contributed by atoms with E-state index in [9.17, 15) is 9.59 Å². The fraction of sp³-hybridized carbons (Fsp3) is 0.667. The maximum atomic E-state index is 11.8. The van der Waals surface area contributed by atoms with Gasteiger partial charge in [0.15, 0.2) is 5.78 Å². The number of ether oxygens (including phenoxy) is 1. The predicted octanol–water partition coefficient (Wildman–Crippen LogP) is 2.25. The summed E-state index contributed by atoms with van der Waals surface area (Å²) in [5.41, 5.74) is 0.360. The van der Waals surface area contributed by atoms with Crippen molar-refractivity contribution in [2.24, 2.45) is 5.92 Å². The van der Waals surface area contributed by atoms with Gasteiger partial charge in [-0.1, -0.05) is 5.57 Å². The first kappa shape index (κ1) is 12.0. The molecule has 0 unspecified atom stereocenters. The lowest BCUT2D eigenvalue weighted by atomic mass is 9.88. The fourth-order valence-corrected chi connectivity index (χ4v) is 1.62. The van der Waals surface area contributed by atoms with Crippen LogP contribution in [0.5, 0.6) is 0 Å². The quantitative estimate of drug-likeness (QED) is 0.623. The van der Waals surface area contributed by atoms with Gasteiger partial charge < -0.3 is 4.74 Å². The van der Waals surface area contributed by atoms with Gasteiger partial charge in [-0.15, -0.1) is 0 Å². The normalized spacial score (nSPS) is 22.3. The van der Waals surface area contributed by atoms with Crippen LogP contribution in [0.3, 0.4) is 0 Å². The Bertz CT molecular complexity index is 307. The molecular formula is C12H18O3. The van der Waals surface area contributed by atoms with Crippen molar-refractivity contribution in [3.05, 3.63) is 11.6 Å². The number of hydrogen-bond acceptors (Lipinski definition) is 3. The van der Waals surface area contributed by atoms with Crippen LogP contribution < -0.4 is 0 Å². The highest BCUT2D eigenvalue weighted by molar-refractivity contribution is 5.93. The minimum atomic E-state index is -0.460. The first-order chi connectivity index (χ1) is 6.79. The Balaban J connectivity index is 2.69. The molecule has 1 atom stereocenters. The highest BCUT2D eigenvalue weighted by atomic mass is 16.6. The van der Waals surface area contributed by atoms with Crippen molar-refractivity contribution >= 4 is 11.8 Å². The van der Waals surface area contributed by atoms with E-state index in [1.165, 1.54) is 0 Å². The molecule has 0 N–H and O–H groups in total. The predicted molar refractivity (Wildman–Crippen MR) is 57.3 cm³/mol. The van der Waals surface area contributed by atoms with E-state index in [4.69, 9.17) is 4.74 Å². The van der Waals surface area contributed by atoms with E-state index in [1.54, 1.807) is 6.08 Å². The lowest BCUT2D eigenvalue weighted by molar-refractivity contribution is -0.158. The average molecular weight is 210 g/mol. The standard InChI is InChI=1S/C12H18O3/c1-8-7-9(13)5-6-10(8)11(14)15-12(2,3)4/h7,10H,5-6H2,1-4H3/t10-/m1/s1. The molecule has 0 fully saturated rings. The molecule has 0 saturated heterocycles. The van der Waals surface area contributed by atoms with Crippen molar-refractivity contribution in [3.63, 3.8) is 0 Å². The van der Waals surface area contributed by atoms with Gasteiger partial charge in [0, 0.05) is 6.42 Å². The van der Waals surface area contributed by atoms with Gasteiger partial charge in [-0.25, -0.2) is 0 Å². The van der Waals surface area contributed by atoms with Gasteiger partial charge in [0.2, 0.25) is 0 Å². The minimum absolute atomic E-state index is 0.104. The van der Waals surface area contributed by atoms with Crippen LogP contribution in [0.2, 0.25) is 0 Å². The first-order valence-corrected chi connectivity index (χ1v) is 5.23. The monoisotopic (exact) mass is 210 g/mol. The molecule has 3 heteroatoms. The lowest BCUT2D eigenvalue weighted by Gasteiger charge is -2.25. The van der Waals surface area contributed by atoms with Crippen LogP contribution in [0.25, 0.3) is 0 Å². The Morgan fingerprint density at radius 3 is 2.53 bits per heavy atom. The van der Waals surface area contributed by atoms with Gasteiger partial charge in [0.05, 0.1) is 5.92 Å². The van der Waals surface area contributed by atoms with Crippen molar-refractivity contribution in [1.82, 2.24) is 0 Å². The Labute approximate surface area is 90.5 Å². The largest absolute Gasteiger partial charge is 0.460 e. The van der Waals surface area contributed by atoms with Crippen LogP contribution in [0.15, 0.2) is 11.6 Å². The van der Waals surface area contributed by atoms with Crippen molar-refractivity contribution in [2.45, 2.75) is 46.1 Å². The minimum Gasteiger partial charge on any atom is -0.460 e. The zero-order chi connectivity index (χ0) is 11.6. The van der Waals surface area contributed by atoms with Gasteiger partial charge in [-0.05, 0) is 40.2 Å². The van der Waals surface area contributed by atoms with Gasteiger partial charge in [-0.3, -0.25) is 9.59 Å². The third kappa shape index (κ3) is 3.50. The highest BCUT2D eigenvalue weighted by Crippen LogP contribution is 2.25. The molecule has 0 aromatic carbocycles. The van der Waals surface area contributed by atoms with Crippen LogP contribution in [0, 0.1) is 5.92 Å². The molecule has 0 amide bonds. The fourth-order valence-electron chi connectivity index (χ4n) is 1.62. The molecule has 0 bridgehead atoms. The molecule has 0 heterocycles. The SMILES string of the molecule is CC1=CC(=O)CC[C@H]1C(=O)OC(C)(C)C. The highest BCUT2D eigenvalue weighted by Gasteiger charge is 2.29. The van der Waals surface area contributed by atoms with Crippen LogP contribution in [0.1, 0.15) is 40.5 Å². The summed E-state index contributed by atoms with van der Waals surface area (Å²) >= 11 is 0. The Morgan fingerprint density at radius 1 is 1.47 bits per heavy atom. The number of allylic oxidation sites excluding steroid dienone is 1. The Kier molecular flexibility index (Phi) is 3.32. The van der Waals surface area contributed by atoms with Gasteiger partial charge in [0.25, 0.3) is 0 Å². The number of ketones is 1. The van der Waals surface area contributed by atoms with E-state index >= 15 is 0 Å². The zero-order valence-corrected chi connectivity index (χ0v) is 9.79. The maximum Gasteiger partial charge on any atom is 0.313 e. The molecule has 0 aliphatic heterocycles. The first-order valence-electron chi connectivity index (χ1n) is 5.23. The Hall–Kier alpha value is -1.12. The molecule has 0 spiro atoms. The number of esters is 1. The molecule has 0 aromatic heterocycles. The summed E-state index contributed by atoms with van der Waals surface area (Å²) in [5, 5.41) is 0. The maximum absolute atomic E-state index is 11.8. The van der Waals surface area contributed by atoms with Gasteiger partial charge in [0.1, 0.15) is 5.60 Å². The topological polar surface area (TPSA) is 43.4 Å². The van der Waals surface area contributed by atoms with Gasteiger partial charge in [-0.2, -0.15) is 0 Å². The summed E-state index contributed by atoms with van der Waals surface area (Å²) in [6, 6.07) is 0. The second-order valence-electron chi connectivity index (χ2n) is 4.98. The molecule has 0 radical (unpaired) electrons. The summed E-state index contributed by atoms with van der Waals surface area (Å²) in [6.45, 7) is 7.35. The molecule has 1 aliphatic rings. The number of carbonyl (C=O) groups excluding carboxylic acids is 2. The molecule has 15 heavy (non-hydrogen) atoms. The average Bonchev–Trinajstić information content (AvgIpc) is 1.99. The summed E-state index contributed by atoms with van der Waals surface area (Å²) in [6.07, 6.45) is 2.58. The van der Waals surface area contributed by atoms with Crippen LogP contribution in [-0.4, -0.2) is 17.4 Å². The lowest BCUT2D eigenvalue weighted by Crippen LogP contribution is -2.31. The van der Waals surface area contributed by atoms with E-state index < -0.39 is 5.60 Å². The summed E-state index contributed by atoms with van der Waals surface area (Å²) in [4.78, 5) is 22.9. The Morgan fingerprint density at radius 2 is 2.07 bits per heavy atom. The van der Waals surface area contributed by atoms with Crippen molar-refractivity contribution in [1.29, 1.82) is 0 Å². The van der Waals surface area contributed by atoms with Crippen LogP contribution in [-0.2, 0) is 14.3 Å². The molecule has 0 saturated carbocycles. The van der Waals surface area contributed by atoms with E-state index in [2.05, 4.69) is 0 Å². The second-order valence-corrected chi connectivity index (χ2v) is 4.98. The number of rotatable bonds is 1. The van der Waals surface area contributed by atoms with Crippen LogP contribution in [0.4, 0.5) is 0 Å². The zero-order valence-electron chi connectivity index (χ0n) is 9.79. The summed E-state index contributed by atoms with van der Waals surface area (Å²) in [5.74, 6) is -0.349. The van der Waals surface area contributed by atoms with Crippen molar-refractivity contribution in [3.8, 4) is 0 Å². The number of hydrogen-bond donors (Lipinski definition) is 0. The van der Waals surface area contributed by atoms with Crippen molar-refractivity contribution < 1.29 is 14.3 Å². The molecular weight excluding hydrogens is 192 g/mol. The van der Waals surface area contributed by atoms with E-state index in [0.29, 0.717) is 12.8 Å². The second kappa shape index (κ2) is 4.17. The third-order valence-corrected chi connectivity index (χ3v) is 2.31. The van der Waals surface area contributed by atoms with E-state index in [-0.39, 0.29) is 17.7 Å². The molecule has 1 rings (SSSR count). The summed E-state index contributed by atoms with van der Waals surface area (Å²) < 4.78 is 5.29. The molecule has 0 aromatic rings. The summed E-state index contributed by atoms with van der Waals surface area (Å²) in [7, 11) is 0. The number of carbonyl (C=O) groups is 2.